The van der Waals surface area contributed by atoms with Crippen molar-refractivity contribution in [2.45, 2.75) is 26.8 Å². The number of nitrogens with zero attached hydrogens (tertiary/aromatic N) is 4. The highest BCUT2D eigenvalue weighted by molar-refractivity contribution is 5.97. The molecule has 0 atom stereocenters. The van der Waals surface area contributed by atoms with E-state index in [0.29, 0.717) is 56.1 Å². The van der Waals surface area contributed by atoms with Crippen molar-refractivity contribution in [2.24, 2.45) is 0 Å². The van der Waals surface area contributed by atoms with Crippen molar-refractivity contribution >= 4 is 22.6 Å². The average Bonchev–Trinajstić information content (AvgIpc) is 2.84. The molecule has 0 saturated carbocycles. The van der Waals surface area contributed by atoms with Gasteiger partial charge in [0.25, 0.3) is 11.5 Å². The molecule has 1 fully saturated rings. The Balaban J connectivity index is 1.45. The molecule has 0 radical (unpaired) electrons. The van der Waals surface area contributed by atoms with Crippen LogP contribution >= 0.6 is 0 Å². The van der Waals surface area contributed by atoms with Gasteiger partial charge in [0, 0.05) is 52.1 Å². The molecule has 35 heavy (non-hydrogen) atoms. The maximum atomic E-state index is 14.7. The van der Waals surface area contributed by atoms with E-state index in [1.807, 2.05) is 26.0 Å². The topological polar surface area (TPSA) is 103 Å². The minimum absolute atomic E-state index is 0.193. The molecule has 0 aliphatic carbocycles. The van der Waals surface area contributed by atoms with Gasteiger partial charge >= 0.3 is 0 Å². The van der Waals surface area contributed by atoms with Crippen LogP contribution in [0, 0.1) is 12.7 Å². The Morgan fingerprint density at radius 3 is 2.69 bits per heavy atom. The summed E-state index contributed by atoms with van der Waals surface area (Å²) in [5, 5.41) is 2.85. The van der Waals surface area contributed by atoms with Crippen LogP contribution in [0.5, 0.6) is 0 Å². The first-order valence-corrected chi connectivity index (χ1v) is 11.8. The van der Waals surface area contributed by atoms with Crippen LogP contribution in [0.3, 0.4) is 0 Å². The third-order valence-electron chi connectivity index (χ3n) is 6.15. The Hall–Kier alpha value is -3.37. The van der Waals surface area contributed by atoms with Crippen molar-refractivity contribution in [3.8, 4) is 0 Å². The van der Waals surface area contributed by atoms with Gasteiger partial charge in [-0.1, -0.05) is 6.92 Å². The first kappa shape index (κ1) is 24.7. The lowest BCUT2D eigenvalue weighted by Crippen LogP contribution is -2.46. The molecule has 10 heteroatoms. The van der Waals surface area contributed by atoms with Gasteiger partial charge in [0.1, 0.15) is 11.2 Å². The van der Waals surface area contributed by atoms with Gasteiger partial charge < -0.3 is 19.9 Å². The number of carbonyl (C=O) groups is 1. The smallest absolute Gasteiger partial charge is 0.272 e. The SMILES string of the molecule is CCc1nc2c(F)cc(CN3CCN(c4ccc(C)nc4C(=O)NCCOC)CC3)cc2[nH]c1=O. The number of nitrogens with one attached hydrogen (secondary N) is 2. The largest absolute Gasteiger partial charge is 0.383 e. The first-order valence-electron chi connectivity index (χ1n) is 11.8. The molecule has 0 unspecified atom stereocenters. The monoisotopic (exact) mass is 482 g/mol. The standard InChI is InChI=1S/C25H31FN6O3/c1-4-19-24(33)30-20-14-17(13-18(26)22(20)29-19)15-31-8-10-32(11-9-31)21-6-5-16(2)28-23(21)25(34)27-7-12-35-3/h5-6,13-14H,4,7-12,15H2,1-3H3,(H,27,34)(H,30,33). The summed E-state index contributed by atoms with van der Waals surface area (Å²) in [4.78, 5) is 40.7. The number of amides is 1. The third-order valence-corrected chi connectivity index (χ3v) is 6.15. The van der Waals surface area contributed by atoms with E-state index in [1.165, 1.54) is 6.07 Å². The summed E-state index contributed by atoms with van der Waals surface area (Å²) < 4.78 is 19.7. The Morgan fingerprint density at radius 2 is 1.97 bits per heavy atom. The molecule has 4 rings (SSSR count). The fourth-order valence-electron chi connectivity index (χ4n) is 4.30. The number of aromatic nitrogens is 3. The second kappa shape index (κ2) is 10.9. The van der Waals surface area contributed by atoms with Crippen molar-refractivity contribution in [3.05, 3.63) is 63.1 Å². The van der Waals surface area contributed by atoms with Gasteiger partial charge in [-0.3, -0.25) is 14.5 Å². The van der Waals surface area contributed by atoms with E-state index in [9.17, 15) is 14.0 Å². The van der Waals surface area contributed by atoms with Crippen LogP contribution in [-0.2, 0) is 17.7 Å². The summed E-state index contributed by atoms with van der Waals surface area (Å²) in [7, 11) is 1.59. The zero-order chi connectivity index (χ0) is 24.9. The quantitative estimate of drug-likeness (QED) is 0.474. The molecule has 3 heterocycles. The number of H-pyrrole nitrogens is 1. The Kier molecular flexibility index (Phi) is 7.72. The van der Waals surface area contributed by atoms with E-state index in [1.54, 1.807) is 13.2 Å². The van der Waals surface area contributed by atoms with Gasteiger partial charge in [0.2, 0.25) is 0 Å². The molecule has 1 aliphatic heterocycles. The summed E-state index contributed by atoms with van der Waals surface area (Å²) in [6.07, 6.45) is 0.448. The van der Waals surface area contributed by atoms with Gasteiger partial charge in [-0.25, -0.2) is 14.4 Å². The van der Waals surface area contributed by atoms with E-state index >= 15 is 0 Å². The number of aryl methyl sites for hydroxylation is 2. The number of halogens is 1. The maximum absolute atomic E-state index is 14.7. The molecule has 9 nitrogen and oxygen atoms in total. The Labute approximate surface area is 203 Å². The number of ether oxygens (including phenoxy) is 1. The van der Waals surface area contributed by atoms with Crippen molar-refractivity contribution in [1.29, 1.82) is 0 Å². The summed E-state index contributed by atoms with van der Waals surface area (Å²) in [5.74, 6) is -0.652. The van der Waals surface area contributed by atoms with E-state index in [4.69, 9.17) is 4.74 Å². The van der Waals surface area contributed by atoms with Gasteiger partial charge in [0.15, 0.2) is 11.5 Å². The second-order valence-corrected chi connectivity index (χ2v) is 8.67. The molecular formula is C25H31FN6O3. The number of pyridine rings is 1. The molecular weight excluding hydrogens is 451 g/mol. The Morgan fingerprint density at radius 1 is 1.20 bits per heavy atom. The summed E-state index contributed by atoms with van der Waals surface area (Å²) in [6.45, 7) is 7.97. The van der Waals surface area contributed by atoms with E-state index in [0.717, 1.165) is 30.0 Å². The highest BCUT2D eigenvalue weighted by Gasteiger charge is 2.23. The molecule has 1 saturated heterocycles. The summed E-state index contributed by atoms with van der Waals surface area (Å²) in [5.41, 5.74) is 3.43. The van der Waals surface area contributed by atoms with Crippen LogP contribution in [0.1, 0.15) is 34.4 Å². The summed E-state index contributed by atoms with van der Waals surface area (Å²) in [6, 6.07) is 7.14. The van der Waals surface area contributed by atoms with Crippen LogP contribution in [0.15, 0.2) is 29.1 Å². The lowest BCUT2D eigenvalue weighted by molar-refractivity contribution is 0.0932. The predicted molar refractivity (Wildman–Crippen MR) is 132 cm³/mol. The maximum Gasteiger partial charge on any atom is 0.272 e. The minimum atomic E-state index is -0.433. The number of aromatic amines is 1. The van der Waals surface area contributed by atoms with Crippen molar-refractivity contribution in [2.75, 3.05) is 51.3 Å². The summed E-state index contributed by atoms with van der Waals surface area (Å²) >= 11 is 0. The van der Waals surface area contributed by atoms with Crippen LogP contribution in [0.2, 0.25) is 0 Å². The minimum Gasteiger partial charge on any atom is -0.383 e. The van der Waals surface area contributed by atoms with E-state index in [-0.39, 0.29) is 17.0 Å². The zero-order valence-corrected chi connectivity index (χ0v) is 20.4. The number of hydrogen-bond acceptors (Lipinski definition) is 7. The van der Waals surface area contributed by atoms with E-state index in [2.05, 4.69) is 30.1 Å². The zero-order valence-electron chi connectivity index (χ0n) is 20.4. The molecule has 0 bridgehead atoms. The Bertz CT molecular complexity index is 1270. The second-order valence-electron chi connectivity index (χ2n) is 8.67. The normalized spacial score (nSPS) is 14.5. The van der Waals surface area contributed by atoms with Crippen LogP contribution in [0.4, 0.5) is 10.1 Å². The lowest BCUT2D eigenvalue weighted by Gasteiger charge is -2.36. The van der Waals surface area contributed by atoms with Crippen LogP contribution < -0.4 is 15.8 Å². The molecule has 0 spiro atoms. The van der Waals surface area contributed by atoms with Gasteiger partial charge in [-0.05, 0) is 43.2 Å². The highest BCUT2D eigenvalue weighted by atomic mass is 19.1. The van der Waals surface area contributed by atoms with Crippen molar-refractivity contribution in [3.63, 3.8) is 0 Å². The van der Waals surface area contributed by atoms with E-state index < -0.39 is 5.82 Å². The predicted octanol–water partition coefficient (Wildman–Crippen LogP) is 2.03. The van der Waals surface area contributed by atoms with Crippen LogP contribution in [-0.4, -0.2) is 72.2 Å². The lowest BCUT2D eigenvalue weighted by atomic mass is 10.1. The van der Waals surface area contributed by atoms with Crippen molar-refractivity contribution in [1.82, 2.24) is 25.2 Å². The highest BCUT2D eigenvalue weighted by Crippen LogP contribution is 2.23. The number of carbonyl (C=O) groups excluding carboxylic acids is 1. The fourth-order valence-corrected chi connectivity index (χ4v) is 4.30. The van der Waals surface area contributed by atoms with Gasteiger partial charge in [-0.15, -0.1) is 0 Å². The number of piperazine rings is 1. The molecule has 2 aromatic heterocycles. The first-order chi connectivity index (χ1) is 16.9. The molecule has 1 amide bonds. The number of benzene rings is 1. The fraction of sp³-hybridized carbons (Fsp3) is 0.440. The number of hydrogen-bond donors (Lipinski definition) is 2. The molecule has 1 aliphatic rings. The molecule has 186 valence electrons. The van der Waals surface area contributed by atoms with Gasteiger partial charge in [0.05, 0.1) is 17.8 Å². The molecule has 2 N–H and O–H groups in total. The average molecular weight is 483 g/mol. The number of fused-ring (bicyclic) bond motifs is 1. The number of methoxy groups -OCH3 is 1. The molecule has 3 aromatic rings. The van der Waals surface area contributed by atoms with Gasteiger partial charge in [-0.2, -0.15) is 0 Å². The van der Waals surface area contributed by atoms with Crippen LogP contribution in [0.25, 0.3) is 11.0 Å². The third kappa shape index (κ3) is 5.66. The molecule has 1 aromatic carbocycles. The number of rotatable bonds is 8. The number of anilines is 1. The van der Waals surface area contributed by atoms with Crippen molar-refractivity contribution < 1.29 is 13.9 Å².